The predicted octanol–water partition coefficient (Wildman–Crippen LogP) is 5.30. The molecule has 2 aliphatic rings. The fourth-order valence-electron chi connectivity index (χ4n) is 3.01. The van der Waals surface area contributed by atoms with Crippen LogP contribution < -0.4 is 0 Å². The minimum atomic E-state index is -0.237. The summed E-state index contributed by atoms with van der Waals surface area (Å²) < 4.78 is 16.6. The van der Waals surface area contributed by atoms with Gasteiger partial charge in [-0.3, -0.25) is 9.56 Å². The van der Waals surface area contributed by atoms with Gasteiger partial charge in [0, 0.05) is 11.0 Å². The van der Waals surface area contributed by atoms with Gasteiger partial charge in [-0.25, -0.2) is 9.37 Å². The fourth-order valence-corrected chi connectivity index (χ4v) is 3.08. The summed E-state index contributed by atoms with van der Waals surface area (Å²) in [5.74, 6) is 0.636. The van der Waals surface area contributed by atoms with Crippen LogP contribution in [0.1, 0.15) is 31.8 Å². The van der Waals surface area contributed by atoms with Crippen molar-refractivity contribution in [2.45, 2.75) is 39.1 Å². The van der Waals surface area contributed by atoms with Gasteiger partial charge in [-0.15, -0.1) is 11.6 Å². The summed E-state index contributed by atoms with van der Waals surface area (Å²) in [6.07, 6.45) is 13.5. The first kappa shape index (κ1) is 17.6. The van der Waals surface area contributed by atoms with Crippen LogP contribution in [0.4, 0.5) is 4.39 Å². The molecule has 0 bridgehead atoms. The van der Waals surface area contributed by atoms with Crippen LogP contribution in [-0.4, -0.2) is 20.6 Å². The van der Waals surface area contributed by atoms with E-state index in [1.165, 1.54) is 0 Å². The quantitative estimate of drug-likeness (QED) is 0.675. The monoisotopic (exact) mass is 357 g/mol. The Hall–Kier alpha value is -2.20. The zero-order valence-corrected chi connectivity index (χ0v) is 15.4. The molecule has 0 saturated heterocycles. The third kappa shape index (κ3) is 3.59. The molecule has 1 aromatic heterocycles. The lowest BCUT2D eigenvalue weighted by atomic mass is 9.99. The predicted molar refractivity (Wildman–Crippen MR) is 102 cm³/mol. The molecule has 0 amide bonds. The van der Waals surface area contributed by atoms with Crippen LogP contribution in [0.5, 0.6) is 0 Å². The first-order valence-corrected chi connectivity index (χ1v) is 8.77. The number of hydrogen-bond donors (Lipinski definition) is 0. The van der Waals surface area contributed by atoms with Gasteiger partial charge in [0.1, 0.15) is 11.7 Å². The van der Waals surface area contributed by atoms with Gasteiger partial charge in [0.25, 0.3) is 0 Å². The number of rotatable bonds is 3. The summed E-state index contributed by atoms with van der Waals surface area (Å²) in [5.41, 5.74) is 4.00. The van der Waals surface area contributed by atoms with Crippen LogP contribution in [0.15, 0.2) is 64.6 Å². The van der Waals surface area contributed by atoms with Crippen LogP contribution in [0.3, 0.4) is 0 Å². The van der Waals surface area contributed by atoms with E-state index in [2.05, 4.69) is 9.55 Å². The number of fused-ring (bicyclic) bond motifs is 1. The summed E-state index contributed by atoms with van der Waals surface area (Å²) >= 11 is 6.10. The van der Waals surface area contributed by atoms with E-state index in [1.807, 2.05) is 51.3 Å². The highest BCUT2D eigenvalue weighted by Crippen LogP contribution is 2.29. The van der Waals surface area contributed by atoms with E-state index in [4.69, 9.17) is 16.6 Å². The largest absolute Gasteiger partial charge is 0.299 e. The molecule has 0 fully saturated rings. The Morgan fingerprint density at radius 2 is 2.16 bits per heavy atom. The molecule has 130 valence electrons. The minimum Gasteiger partial charge on any atom is -0.299 e. The molecule has 1 atom stereocenters. The van der Waals surface area contributed by atoms with Crippen molar-refractivity contribution in [2.24, 2.45) is 4.99 Å². The SMILES string of the molecule is CC1=C(/C=C\[C@H](C)Cl)n2c(cnc2C)CN=C1C1=CC=CCC=C1F. The van der Waals surface area contributed by atoms with Gasteiger partial charge in [0.05, 0.1) is 29.8 Å². The second kappa shape index (κ2) is 7.36. The molecule has 3 rings (SSSR count). The fraction of sp³-hybridized carbons (Fsp3) is 0.300. The lowest BCUT2D eigenvalue weighted by Gasteiger charge is -2.14. The number of allylic oxidation sites excluding steroid dienone is 10. The van der Waals surface area contributed by atoms with Crippen LogP contribution in [-0.2, 0) is 6.54 Å². The smallest absolute Gasteiger partial charge is 0.128 e. The number of nitrogens with zero attached hydrogens (tertiary/aromatic N) is 3. The molecular weight excluding hydrogens is 337 g/mol. The van der Waals surface area contributed by atoms with Crippen molar-refractivity contribution in [2.75, 3.05) is 0 Å². The third-order valence-corrected chi connectivity index (χ3v) is 4.40. The van der Waals surface area contributed by atoms with E-state index in [0.717, 1.165) is 22.8 Å². The van der Waals surface area contributed by atoms with Crippen LogP contribution >= 0.6 is 11.6 Å². The van der Waals surface area contributed by atoms with Gasteiger partial charge in [-0.1, -0.05) is 24.3 Å². The van der Waals surface area contributed by atoms with E-state index < -0.39 is 0 Å². The summed E-state index contributed by atoms with van der Waals surface area (Å²) in [6.45, 7) is 6.28. The van der Waals surface area contributed by atoms with Crippen LogP contribution in [0.2, 0.25) is 0 Å². The average molecular weight is 358 g/mol. The first-order valence-electron chi connectivity index (χ1n) is 8.34. The summed E-state index contributed by atoms with van der Waals surface area (Å²) in [6, 6.07) is 0. The second-order valence-corrected chi connectivity index (χ2v) is 6.83. The van der Waals surface area contributed by atoms with Crippen molar-refractivity contribution >= 4 is 23.0 Å². The molecule has 0 unspecified atom stereocenters. The van der Waals surface area contributed by atoms with Gasteiger partial charge in [-0.05, 0) is 44.9 Å². The highest BCUT2D eigenvalue weighted by molar-refractivity contribution is 6.21. The molecule has 25 heavy (non-hydrogen) atoms. The normalized spacial score (nSPS) is 19.2. The highest BCUT2D eigenvalue weighted by Gasteiger charge is 2.22. The summed E-state index contributed by atoms with van der Waals surface area (Å²) in [4.78, 5) is 9.10. The Kier molecular flexibility index (Phi) is 5.19. The Morgan fingerprint density at radius 3 is 2.92 bits per heavy atom. The van der Waals surface area contributed by atoms with Gasteiger partial charge in [0.15, 0.2) is 0 Å². The standard InChI is InChI=1S/C20H21ClFN3/c1-13(21)9-10-19-14(2)20(17-7-5-4-6-8-18(17)22)24-12-16-11-23-15(3)25(16)19/h4-5,7-11,13H,6,12H2,1-3H3/b10-9-/t13-/m0/s1. The Labute approximate surface area is 152 Å². The number of halogens is 2. The molecule has 0 radical (unpaired) electrons. The maximum Gasteiger partial charge on any atom is 0.128 e. The van der Waals surface area contributed by atoms with Crippen molar-refractivity contribution in [3.8, 4) is 0 Å². The Bertz CT molecular complexity index is 864. The van der Waals surface area contributed by atoms with Crippen molar-refractivity contribution < 1.29 is 4.39 Å². The first-order chi connectivity index (χ1) is 12.0. The number of aryl methyl sites for hydroxylation is 1. The Balaban J connectivity index is 2.18. The van der Waals surface area contributed by atoms with Crippen molar-refractivity contribution in [3.05, 3.63) is 71.1 Å². The number of imidazole rings is 1. The minimum absolute atomic E-state index is 0.104. The number of hydrogen-bond acceptors (Lipinski definition) is 2. The van der Waals surface area contributed by atoms with E-state index in [1.54, 1.807) is 12.2 Å². The zero-order valence-electron chi connectivity index (χ0n) is 14.6. The lowest BCUT2D eigenvalue weighted by molar-refractivity contribution is 0.656. The highest BCUT2D eigenvalue weighted by atomic mass is 35.5. The molecular formula is C20H21ClFN3. The summed E-state index contributed by atoms with van der Waals surface area (Å²) in [5, 5.41) is -0.104. The molecule has 1 aliphatic carbocycles. The summed E-state index contributed by atoms with van der Waals surface area (Å²) in [7, 11) is 0. The topological polar surface area (TPSA) is 30.2 Å². The van der Waals surface area contributed by atoms with E-state index >= 15 is 0 Å². The molecule has 0 aromatic carbocycles. The van der Waals surface area contributed by atoms with Gasteiger partial charge >= 0.3 is 0 Å². The molecule has 3 nitrogen and oxygen atoms in total. The van der Waals surface area contributed by atoms with Gasteiger partial charge in [0.2, 0.25) is 0 Å². The van der Waals surface area contributed by atoms with E-state index in [0.29, 0.717) is 24.3 Å². The molecule has 2 heterocycles. The van der Waals surface area contributed by atoms with Crippen LogP contribution in [0, 0.1) is 6.92 Å². The average Bonchev–Trinajstić information content (AvgIpc) is 2.72. The third-order valence-electron chi connectivity index (χ3n) is 4.25. The van der Waals surface area contributed by atoms with Crippen molar-refractivity contribution in [1.29, 1.82) is 0 Å². The Morgan fingerprint density at radius 1 is 1.36 bits per heavy atom. The lowest BCUT2D eigenvalue weighted by Crippen LogP contribution is -2.09. The number of aromatic nitrogens is 2. The molecule has 1 aromatic rings. The molecule has 0 N–H and O–H groups in total. The van der Waals surface area contributed by atoms with Crippen LogP contribution in [0.25, 0.3) is 5.70 Å². The van der Waals surface area contributed by atoms with Crippen molar-refractivity contribution in [1.82, 2.24) is 9.55 Å². The van der Waals surface area contributed by atoms with E-state index in [-0.39, 0.29) is 11.2 Å². The van der Waals surface area contributed by atoms with Gasteiger partial charge < -0.3 is 0 Å². The second-order valence-electron chi connectivity index (χ2n) is 6.14. The molecule has 0 saturated carbocycles. The van der Waals surface area contributed by atoms with E-state index in [9.17, 15) is 4.39 Å². The maximum absolute atomic E-state index is 14.6. The molecule has 5 heteroatoms. The molecule has 1 aliphatic heterocycles. The number of aliphatic imine (C=N–C) groups is 1. The maximum atomic E-state index is 14.6. The molecule has 0 spiro atoms. The zero-order chi connectivity index (χ0) is 18.0. The van der Waals surface area contributed by atoms with Gasteiger partial charge in [-0.2, -0.15) is 0 Å². The number of alkyl halides is 1. The van der Waals surface area contributed by atoms with Crippen molar-refractivity contribution in [3.63, 3.8) is 0 Å².